The van der Waals surface area contributed by atoms with Gasteiger partial charge in [-0.2, -0.15) is 0 Å². The first kappa shape index (κ1) is 17.8. The second kappa shape index (κ2) is 7.59. The average Bonchev–Trinajstić information content (AvgIpc) is 3.14. The van der Waals surface area contributed by atoms with Gasteiger partial charge in [-0.1, -0.05) is 30.3 Å². The summed E-state index contributed by atoms with van der Waals surface area (Å²) in [6, 6.07) is 13.7. The van der Waals surface area contributed by atoms with E-state index in [0.29, 0.717) is 19.4 Å². The van der Waals surface area contributed by atoms with E-state index in [1.807, 2.05) is 47.4 Å². The first-order chi connectivity index (χ1) is 13.2. The third kappa shape index (κ3) is 4.07. The van der Waals surface area contributed by atoms with Crippen LogP contribution < -0.4 is 5.32 Å². The smallest absolute Gasteiger partial charge is 0.223 e. The summed E-state index contributed by atoms with van der Waals surface area (Å²) in [5, 5.41) is 3.07. The van der Waals surface area contributed by atoms with E-state index in [4.69, 9.17) is 4.42 Å². The largest absolute Gasteiger partial charge is 0.469 e. The lowest BCUT2D eigenvalue weighted by Gasteiger charge is -2.33. The van der Waals surface area contributed by atoms with Crippen LogP contribution in [-0.4, -0.2) is 29.8 Å². The molecule has 142 valence electrons. The molecule has 1 unspecified atom stereocenters. The van der Waals surface area contributed by atoms with Gasteiger partial charge in [-0.3, -0.25) is 9.59 Å². The van der Waals surface area contributed by atoms with Crippen molar-refractivity contribution in [3.8, 4) is 0 Å². The Morgan fingerprint density at radius 1 is 1.11 bits per heavy atom. The maximum atomic E-state index is 12.5. The highest BCUT2D eigenvalue weighted by Crippen LogP contribution is 2.59. The topological polar surface area (TPSA) is 62.6 Å². The van der Waals surface area contributed by atoms with Crippen LogP contribution >= 0.6 is 0 Å². The van der Waals surface area contributed by atoms with Crippen LogP contribution in [0.4, 0.5) is 0 Å². The molecule has 2 fully saturated rings. The van der Waals surface area contributed by atoms with Crippen molar-refractivity contribution < 1.29 is 14.0 Å². The fourth-order valence-corrected chi connectivity index (χ4v) is 4.22. The molecule has 1 aromatic heterocycles. The van der Waals surface area contributed by atoms with Crippen molar-refractivity contribution in [1.82, 2.24) is 10.2 Å². The predicted molar refractivity (Wildman–Crippen MR) is 102 cm³/mol. The molecular weight excluding hydrogens is 340 g/mol. The van der Waals surface area contributed by atoms with Crippen LogP contribution in [-0.2, 0) is 22.6 Å². The first-order valence-corrected chi connectivity index (χ1v) is 9.78. The lowest BCUT2D eigenvalue weighted by molar-refractivity contribution is -0.133. The monoisotopic (exact) mass is 366 g/mol. The summed E-state index contributed by atoms with van der Waals surface area (Å²) >= 11 is 0. The summed E-state index contributed by atoms with van der Waals surface area (Å²) in [6.45, 7) is 2.11. The van der Waals surface area contributed by atoms with E-state index in [9.17, 15) is 9.59 Å². The summed E-state index contributed by atoms with van der Waals surface area (Å²) in [5.41, 5.74) is 1.25. The van der Waals surface area contributed by atoms with Gasteiger partial charge in [0.2, 0.25) is 11.8 Å². The van der Waals surface area contributed by atoms with Crippen molar-refractivity contribution >= 4 is 11.8 Å². The maximum Gasteiger partial charge on any atom is 0.223 e. The third-order valence-corrected chi connectivity index (χ3v) is 6.09. The highest BCUT2D eigenvalue weighted by Gasteiger charge is 2.58. The summed E-state index contributed by atoms with van der Waals surface area (Å²) in [7, 11) is 0. The minimum absolute atomic E-state index is 0.113. The lowest BCUT2D eigenvalue weighted by Crippen LogP contribution is -2.40. The van der Waals surface area contributed by atoms with Crippen LogP contribution in [0, 0.1) is 11.3 Å². The molecule has 2 heterocycles. The molecule has 0 bridgehead atoms. The molecule has 5 nitrogen and oxygen atoms in total. The summed E-state index contributed by atoms with van der Waals surface area (Å²) in [6.07, 6.45) is 5.61. The number of carbonyl (C=O) groups is 2. The van der Waals surface area contributed by atoms with Gasteiger partial charge >= 0.3 is 0 Å². The van der Waals surface area contributed by atoms with Crippen molar-refractivity contribution in [2.75, 3.05) is 13.1 Å². The third-order valence-electron chi connectivity index (χ3n) is 6.09. The Balaban J connectivity index is 1.21. The molecule has 1 aliphatic heterocycles. The quantitative estimate of drug-likeness (QED) is 0.854. The molecule has 0 radical (unpaired) electrons. The zero-order valence-corrected chi connectivity index (χ0v) is 15.5. The fourth-order valence-electron chi connectivity index (χ4n) is 4.22. The number of hydrogen-bond donors (Lipinski definition) is 1. The van der Waals surface area contributed by atoms with Crippen LogP contribution in [0.3, 0.4) is 0 Å². The van der Waals surface area contributed by atoms with E-state index in [1.165, 1.54) is 0 Å². The molecule has 27 heavy (non-hydrogen) atoms. The molecule has 1 atom stereocenters. The number of nitrogens with zero attached hydrogens (tertiary/aromatic N) is 1. The summed E-state index contributed by atoms with van der Waals surface area (Å²) < 4.78 is 5.29. The van der Waals surface area contributed by atoms with Crippen molar-refractivity contribution in [1.29, 1.82) is 0 Å². The number of amides is 2. The molecule has 2 aromatic rings. The Bertz CT molecular complexity index is 777. The van der Waals surface area contributed by atoms with Crippen LogP contribution in [0.5, 0.6) is 0 Å². The molecule has 2 amide bonds. The van der Waals surface area contributed by atoms with E-state index in [0.717, 1.165) is 43.7 Å². The van der Waals surface area contributed by atoms with Crippen LogP contribution in [0.2, 0.25) is 0 Å². The number of carbonyl (C=O) groups excluding carboxylic acids is 2. The zero-order valence-electron chi connectivity index (χ0n) is 15.5. The van der Waals surface area contributed by atoms with Gasteiger partial charge in [-0.25, -0.2) is 0 Å². The Morgan fingerprint density at radius 2 is 1.89 bits per heavy atom. The van der Waals surface area contributed by atoms with Crippen molar-refractivity contribution in [2.45, 2.75) is 38.6 Å². The summed E-state index contributed by atoms with van der Waals surface area (Å²) in [4.78, 5) is 26.9. The number of piperidine rings is 1. The number of benzene rings is 1. The lowest BCUT2D eigenvalue weighted by atomic mass is 9.90. The Morgan fingerprint density at radius 3 is 2.59 bits per heavy atom. The molecule has 4 rings (SSSR count). The number of hydrogen-bond acceptors (Lipinski definition) is 3. The maximum absolute atomic E-state index is 12.5. The van der Waals surface area contributed by atoms with Gasteiger partial charge in [-0.05, 0) is 42.4 Å². The molecule has 1 saturated heterocycles. The Kier molecular flexibility index (Phi) is 5.01. The summed E-state index contributed by atoms with van der Waals surface area (Å²) in [5.74, 6) is 1.32. The zero-order chi connectivity index (χ0) is 18.7. The molecule has 1 saturated carbocycles. The van der Waals surface area contributed by atoms with Gasteiger partial charge < -0.3 is 14.6 Å². The van der Waals surface area contributed by atoms with Gasteiger partial charge in [0, 0.05) is 38.4 Å². The molecule has 1 spiro atoms. The van der Waals surface area contributed by atoms with Crippen molar-refractivity contribution in [3.63, 3.8) is 0 Å². The number of likely N-dealkylation sites (tertiary alicyclic amines) is 1. The SMILES string of the molecule is O=C(NCc1ccccc1)C1CC12CCN(C(=O)CCc1ccco1)CC2. The molecule has 1 aromatic carbocycles. The average molecular weight is 366 g/mol. The molecule has 2 aliphatic rings. The molecular formula is C22H26N2O3. The normalized spacial score (nSPS) is 20.4. The Hall–Kier alpha value is -2.56. The minimum atomic E-state index is 0.113. The van der Waals surface area contributed by atoms with Gasteiger partial charge in [0.05, 0.1) is 6.26 Å². The highest BCUT2D eigenvalue weighted by atomic mass is 16.3. The highest BCUT2D eigenvalue weighted by molar-refractivity contribution is 5.83. The first-order valence-electron chi connectivity index (χ1n) is 9.78. The molecule has 1 N–H and O–H groups in total. The standard InChI is InChI=1S/C22H26N2O3/c25-20(9-8-18-7-4-14-27-18)24-12-10-22(11-13-24)15-19(22)21(26)23-16-17-5-2-1-3-6-17/h1-7,14,19H,8-13,15-16H2,(H,23,26). The van der Waals surface area contributed by atoms with Gasteiger partial charge in [0.25, 0.3) is 0 Å². The number of aryl methyl sites for hydroxylation is 1. The Labute approximate surface area is 159 Å². The van der Waals surface area contributed by atoms with Gasteiger partial charge in [-0.15, -0.1) is 0 Å². The van der Waals surface area contributed by atoms with Crippen molar-refractivity contribution in [2.24, 2.45) is 11.3 Å². The van der Waals surface area contributed by atoms with E-state index in [1.54, 1.807) is 6.26 Å². The van der Waals surface area contributed by atoms with Crippen LogP contribution in [0.25, 0.3) is 0 Å². The van der Waals surface area contributed by atoms with E-state index >= 15 is 0 Å². The molecule has 1 aliphatic carbocycles. The predicted octanol–water partition coefficient (Wildman–Crippen LogP) is 3.16. The van der Waals surface area contributed by atoms with E-state index < -0.39 is 0 Å². The molecule has 5 heteroatoms. The fraction of sp³-hybridized carbons (Fsp3) is 0.455. The van der Waals surface area contributed by atoms with Crippen molar-refractivity contribution in [3.05, 3.63) is 60.1 Å². The minimum Gasteiger partial charge on any atom is -0.469 e. The van der Waals surface area contributed by atoms with Crippen LogP contribution in [0.1, 0.15) is 37.0 Å². The van der Waals surface area contributed by atoms with Gasteiger partial charge in [0.15, 0.2) is 0 Å². The van der Waals surface area contributed by atoms with Crippen LogP contribution in [0.15, 0.2) is 53.1 Å². The number of furan rings is 1. The number of nitrogens with one attached hydrogen (secondary N) is 1. The second-order valence-corrected chi connectivity index (χ2v) is 7.78. The second-order valence-electron chi connectivity index (χ2n) is 7.78. The van der Waals surface area contributed by atoms with E-state index in [-0.39, 0.29) is 23.1 Å². The number of rotatable bonds is 6. The van der Waals surface area contributed by atoms with E-state index in [2.05, 4.69) is 5.32 Å². The van der Waals surface area contributed by atoms with Gasteiger partial charge in [0.1, 0.15) is 5.76 Å².